The number of allylic oxidation sites excluding steroid dienone is 3. The Morgan fingerprint density at radius 3 is 2.50 bits per heavy atom. The van der Waals surface area contributed by atoms with E-state index in [9.17, 15) is 0 Å². The van der Waals surface area contributed by atoms with Crippen molar-refractivity contribution in [1.82, 2.24) is 0 Å². The van der Waals surface area contributed by atoms with Crippen LogP contribution in [-0.2, 0) is 0 Å². The minimum absolute atomic E-state index is 0. The van der Waals surface area contributed by atoms with Crippen molar-refractivity contribution >= 4 is 0 Å². The van der Waals surface area contributed by atoms with Gasteiger partial charge in [-0.25, -0.2) is 0 Å². The third-order valence-electron chi connectivity index (χ3n) is 2.59. The van der Waals surface area contributed by atoms with Crippen LogP contribution in [0.15, 0.2) is 37.5 Å². The average molecular weight is 197 g/mol. The fraction of sp³-hybridized carbons (Fsp3) is 0.500. The van der Waals surface area contributed by atoms with E-state index >= 15 is 0 Å². The summed E-state index contributed by atoms with van der Waals surface area (Å²) >= 11 is 0. The molecule has 0 aliphatic heterocycles. The molecule has 1 aliphatic rings. The van der Waals surface area contributed by atoms with Gasteiger partial charge in [0.1, 0.15) is 0 Å². The third-order valence-corrected chi connectivity index (χ3v) is 2.59. The molecule has 1 saturated carbocycles. The van der Waals surface area contributed by atoms with E-state index in [-0.39, 0.29) is 1.43 Å². The third kappa shape index (κ3) is 3.48. The first-order valence-electron chi connectivity index (χ1n) is 4.91. The van der Waals surface area contributed by atoms with Crippen molar-refractivity contribution in [2.75, 3.05) is 7.11 Å². The Morgan fingerprint density at radius 2 is 2.00 bits per heavy atom. The van der Waals surface area contributed by atoms with Crippen molar-refractivity contribution in [3.05, 3.63) is 37.5 Å². The average Bonchev–Trinajstić information content (AvgIpc) is 2.59. The van der Waals surface area contributed by atoms with E-state index < -0.39 is 0 Å². The van der Waals surface area contributed by atoms with Gasteiger partial charge >= 0.3 is 0 Å². The van der Waals surface area contributed by atoms with Crippen LogP contribution in [0.5, 0.6) is 0 Å². The summed E-state index contributed by atoms with van der Waals surface area (Å²) in [6.45, 7) is 7.46. The second-order valence-corrected chi connectivity index (χ2v) is 3.34. The minimum atomic E-state index is 0. The molecule has 1 rings (SSSR count). The summed E-state index contributed by atoms with van der Waals surface area (Å²) in [5.41, 5.74) is 5.92. The van der Waals surface area contributed by atoms with E-state index in [1.165, 1.54) is 6.42 Å². The fourth-order valence-electron chi connectivity index (χ4n) is 1.88. The first kappa shape index (κ1) is 13.1. The van der Waals surface area contributed by atoms with Gasteiger partial charge < -0.3 is 10.8 Å². The van der Waals surface area contributed by atoms with E-state index in [1.807, 2.05) is 18.2 Å². The van der Waals surface area contributed by atoms with Gasteiger partial charge in [0.15, 0.2) is 0 Å². The Kier molecular flexibility index (Phi) is 7.07. The molecule has 0 heterocycles. The van der Waals surface area contributed by atoms with Crippen molar-refractivity contribution in [1.29, 1.82) is 0 Å². The largest absolute Gasteiger partial charge is 0.400 e. The highest BCUT2D eigenvalue weighted by Gasteiger charge is 2.29. The Balaban J connectivity index is 0. The molecule has 1 aliphatic carbocycles. The lowest BCUT2D eigenvalue weighted by Gasteiger charge is -2.14. The van der Waals surface area contributed by atoms with Crippen molar-refractivity contribution in [2.45, 2.75) is 18.9 Å². The SMILES string of the molecule is C=C/C=C/C1CC[C@H](N)C1C=C.CO.[HH]. The second-order valence-electron chi connectivity index (χ2n) is 3.34. The molecule has 0 spiro atoms. The quantitative estimate of drug-likeness (QED) is 0.538. The first-order valence-corrected chi connectivity index (χ1v) is 4.91. The standard InChI is InChI=1S/C11H17N.CH4O.H2/c1-3-5-6-9-7-8-11(12)10(9)4-2;1-2;/h3-6,9-11H,1-2,7-8,12H2;2H,1H3;1H/b6-5+;;/t9?,10?,11-;;/m0../s1. The number of hydrogen-bond donors (Lipinski definition) is 2. The second kappa shape index (κ2) is 7.54. The summed E-state index contributed by atoms with van der Waals surface area (Å²) in [6, 6.07) is 0.307. The van der Waals surface area contributed by atoms with Gasteiger partial charge in [0.2, 0.25) is 0 Å². The Hall–Kier alpha value is -0.860. The van der Waals surface area contributed by atoms with Crippen molar-refractivity contribution in [3.63, 3.8) is 0 Å². The van der Waals surface area contributed by atoms with Crippen LogP contribution in [0.25, 0.3) is 0 Å². The summed E-state index contributed by atoms with van der Waals surface area (Å²) in [5, 5.41) is 7.00. The van der Waals surface area contributed by atoms with E-state index in [4.69, 9.17) is 10.8 Å². The lowest BCUT2D eigenvalue weighted by molar-refractivity contribution is 0.399. The molecule has 0 bridgehead atoms. The van der Waals surface area contributed by atoms with Gasteiger partial charge in [-0.3, -0.25) is 0 Å². The zero-order valence-corrected chi connectivity index (χ0v) is 8.89. The highest BCUT2D eigenvalue weighted by atomic mass is 16.2. The van der Waals surface area contributed by atoms with Crippen molar-refractivity contribution in [3.8, 4) is 0 Å². The van der Waals surface area contributed by atoms with Gasteiger partial charge in [0.05, 0.1) is 0 Å². The summed E-state index contributed by atoms with van der Waals surface area (Å²) in [7, 11) is 1.00. The smallest absolute Gasteiger partial charge is 0.0319 e. The summed E-state index contributed by atoms with van der Waals surface area (Å²) in [6.07, 6.45) is 10.3. The molecular weight excluding hydrogens is 174 g/mol. The van der Waals surface area contributed by atoms with Gasteiger partial charge in [-0.15, -0.1) is 6.58 Å². The van der Waals surface area contributed by atoms with Gasteiger partial charge in [0, 0.05) is 14.6 Å². The van der Waals surface area contributed by atoms with Gasteiger partial charge in [-0.05, 0) is 24.7 Å². The molecule has 0 aromatic heterocycles. The van der Waals surface area contributed by atoms with Crippen LogP contribution in [0.1, 0.15) is 14.3 Å². The molecule has 14 heavy (non-hydrogen) atoms. The maximum Gasteiger partial charge on any atom is 0.0319 e. The molecule has 0 aromatic carbocycles. The number of nitrogens with two attached hydrogens (primary N) is 1. The van der Waals surface area contributed by atoms with E-state index in [2.05, 4.69) is 19.2 Å². The van der Waals surface area contributed by atoms with Crippen LogP contribution in [0, 0.1) is 11.8 Å². The van der Waals surface area contributed by atoms with Crippen molar-refractivity contribution < 1.29 is 6.53 Å². The summed E-state index contributed by atoms with van der Waals surface area (Å²) in [4.78, 5) is 0. The van der Waals surface area contributed by atoms with Gasteiger partial charge in [-0.2, -0.15) is 0 Å². The maximum absolute atomic E-state index is 7.00. The lowest BCUT2D eigenvalue weighted by Crippen LogP contribution is -2.25. The highest BCUT2D eigenvalue weighted by Crippen LogP contribution is 2.32. The van der Waals surface area contributed by atoms with E-state index in [0.29, 0.717) is 17.9 Å². The number of aliphatic hydroxyl groups excluding tert-OH is 1. The zero-order chi connectivity index (χ0) is 11.0. The molecule has 82 valence electrons. The molecule has 0 aromatic rings. The minimum Gasteiger partial charge on any atom is -0.400 e. The van der Waals surface area contributed by atoms with Crippen LogP contribution in [0.4, 0.5) is 0 Å². The summed E-state index contributed by atoms with van der Waals surface area (Å²) in [5.74, 6) is 1.04. The molecular formula is C12H23NO. The zero-order valence-electron chi connectivity index (χ0n) is 8.89. The van der Waals surface area contributed by atoms with Gasteiger partial charge in [-0.1, -0.05) is 30.9 Å². The molecule has 1 fully saturated rings. The molecule has 0 saturated heterocycles. The first-order chi connectivity index (χ1) is 6.79. The molecule has 0 radical (unpaired) electrons. The highest BCUT2D eigenvalue weighted by molar-refractivity contribution is 5.08. The molecule has 3 atom stereocenters. The Morgan fingerprint density at radius 1 is 1.36 bits per heavy atom. The predicted octanol–water partition coefficient (Wildman–Crippen LogP) is 2.12. The Bertz CT molecular complexity index is 204. The molecule has 2 unspecified atom stereocenters. The van der Waals surface area contributed by atoms with Crippen molar-refractivity contribution in [2.24, 2.45) is 17.6 Å². The predicted molar refractivity (Wildman–Crippen MR) is 64.0 cm³/mol. The monoisotopic (exact) mass is 197 g/mol. The lowest BCUT2D eigenvalue weighted by atomic mass is 9.94. The maximum atomic E-state index is 7.00. The molecule has 0 amide bonds. The number of aliphatic hydroxyl groups is 1. The van der Waals surface area contributed by atoms with E-state index in [0.717, 1.165) is 13.5 Å². The molecule has 3 N–H and O–H groups in total. The Labute approximate surface area is 88.3 Å². The number of rotatable bonds is 3. The molecule has 2 nitrogen and oxygen atoms in total. The fourth-order valence-corrected chi connectivity index (χ4v) is 1.88. The summed E-state index contributed by atoms with van der Waals surface area (Å²) < 4.78 is 0. The molecule has 2 heteroatoms. The van der Waals surface area contributed by atoms with Crippen LogP contribution in [0.2, 0.25) is 0 Å². The number of hydrogen-bond acceptors (Lipinski definition) is 2. The van der Waals surface area contributed by atoms with Crippen LogP contribution < -0.4 is 5.73 Å². The topological polar surface area (TPSA) is 46.2 Å². The van der Waals surface area contributed by atoms with Gasteiger partial charge in [0.25, 0.3) is 0 Å². The van der Waals surface area contributed by atoms with Crippen LogP contribution >= 0.6 is 0 Å². The normalized spacial score (nSPS) is 30.9. The van der Waals surface area contributed by atoms with Crippen LogP contribution in [-0.4, -0.2) is 18.3 Å². The van der Waals surface area contributed by atoms with Crippen LogP contribution in [0.3, 0.4) is 0 Å². The van der Waals surface area contributed by atoms with E-state index in [1.54, 1.807) is 0 Å².